The van der Waals surface area contributed by atoms with Crippen LogP contribution in [0.5, 0.6) is 0 Å². The van der Waals surface area contributed by atoms with Crippen molar-refractivity contribution in [1.29, 1.82) is 0 Å². The summed E-state index contributed by atoms with van der Waals surface area (Å²) in [7, 11) is 0. The topological polar surface area (TPSA) is 122 Å². The normalized spacial score (nSPS) is 29.7. The van der Waals surface area contributed by atoms with E-state index in [0.717, 1.165) is 16.5 Å². The average molecular weight is 348 g/mol. The molecule has 2 heterocycles. The highest BCUT2D eigenvalue weighted by Crippen LogP contribution is 2.18. The smallest absolute Gasteiger partial charge is 0.220 e. The van der Waals surface area contributed by atoms with Gasteiger partial charge < -0.3 is 30.9 Å². The predicted octanol–water partition coefficient (Wildman–Crippen LogP) is -1.37. The maximum absolute atomic E-state index is 12.1. The van der Waals surface area contributed by atoms with Crippen LogP contribution in [0.15, 0.2) is 30.5 Å². The van der Waals surface area contributed by atoms with Gasteiger partial charge in [-0.15, -0.1) is 0 Å². The van der Waals surface area contributed by atoms with E-state index in [1.807, 2.05) is 30.5 Å². The van der Waals surface area contributed by atoms with Crippen molar-refractivity contribution in [3.8, 4) is 0 Å². The first kappa shape index (κ1) is 17.9. The molecule has 25 heavy (non-hydrogen) atoms. The van der Waals surface area contributed by atoms with Crippen molar-refractivity contribution in [3.63, 3.8) is 0 Å². The first-order chi connectivity index (χ1) is 12.0. The number of hydrogen-bond donors (Lipinski definition) is 6. The fourth-order valence-electron chi connectivity index (χ4n) is 3.48. The Hall–Kier alpha value is -1.93. The van der Waals surface area contributed by atoms with Gasteiger partial charge in [-0.3, -0.25) is 4.79 Å². The molecule has 1 aromatic heterocycles. The van der Waals surface area contributed by atoms with E-state index in [1.54, 1.807) is 12.2 Å². The molecule has 1 fully saturated rings. The standard InChI is InChI=1S/C18H25N3O4/c1-10-16(23)18(25)17(24)14(21-10)9-20-15(22)7-6-11-8-19-13-5-3-2-4-12(11)13/h2-5,8,10,14,16-19,21,23-25H,6-7,9H2,1H3,(H,20,22)/p+1/t10-,14+,16+,17+,18+/m0/s1. The summed E-state index contributed by atoms with van der Waals surface area (Å²) < 4.78 is 0. The van der Waals surface area contributed by atoms with Gasteiger partial charge in [0.1, 0.15) is 30.4 Å². The maximum Gasteiger partial charge on any atom is 0.220 e. The lowest BCUT2D eigenvalue weighted by Crippen LogP contribution is -3.03. The fraction of sp³-hybridized carbons (Fsp3) is 0.500. The second-order valence-electron chi connectivity index (χ2n) is 6.85. The van der Waals surface area contributed by atoms with Crippen LogP contribution in [0, 0.1) is 0 Å². The third-order valence-electron chi connectivity index (χ3n) is 5.06. The van der Waals surface area contributed by atoms with Crippen molar-refractivity contribution < 1.29 is 25.4 Å². The highest BCUT2D eigenvalue weighted by Gasteiger charge is 2.43. The second-order valence-corrected chi connectivity index (χ2v) is 6.85. The Morgan fingerprint density at radius 2 is 1.96 bits per heavy atom. The number of aliphatic hydroxyl groups excluding tert-OH is 3. The second kappa shape index (κ2) is 7.53. The summed E-state index contributed by atoms with van der Waals surface area (Å²) in [5.41, 5.74) is 2.15. The Bertz CT molecular complexity index is 732. The van der Waals surface area contributed by atoms with Gasteiger partial charge in [0.25, 0.3) is 0 Å². The van der Waals surface area contributed by atoms with Crippen molar-refractivity contribution in [3.05, 3.63) is 36.0 Å². The number of nitrogens with two attached hydrogens (primary N) is 1. The summed E-state index contributed by atoms with van der Waals surface area (Å²) in [6, 6.07) is 7.37. The minimum Gasteiger partial charge on any atom is -0.387 e. The number of quaternary nitrogens is 1. The number of aromatic amines is 1. The van der Waals surface area contributed by atoms with Crippen LogP contribution in [-0.4, -0.2) is 63.2 Å². The molecular weight excluding hydrogens is 322 g/mol. The van der Waals surface area contributed by atoms with Gasteiger partial charge in [0.2, 0.25) is 5.91 Å². The molecule has 1 amide bonds. The van der Waals surface area contributed by atoms with Crippen LogP contribution in [0.1, 0.15) is 18.9 Å². The Morgan fingerprint density at radius 3 is 2.76 bits per heavy atom. The van der Waals surface area contributed by atoms with Gasteiger partial charge in [-0.25, -0.2) is 0 Å². The van der Waals surface area contributed by atoms with E-state index in [9.17, 15) is 20.1 Å². The molecule has 5 atom stereocenters. The summed E-state index contributed by atoms with van der Waals surface area (Å²) in [4.78, 5) is 15.3. The molecular formula is C18H26N3O4+. The largest absolute Gasteiger partial charge is 0.387 e. The molecule has 1 saturated heterocycles. The van der Waals surface area contributed by atoms with E-state index < -0.39 is 18.3 Å². The lowest BCUT2D eigenvalue weighted by molar-refractivity contribution is -0.743. The molecule has 7 heteroatoms. The number of piperidine rings is 1. The van der Waals surface area contributed by atoms with Gasteiger partial charge in [-0.2, -0.15) is 0 Å². The van der Waals surface area contributed by atoms with Crippen molar-refractivity contribution in [2.45, 2.75) is 50.2 Å². The highest BCUT2D eigenvalue weighted by molar-refractivity contribution is 5.84. The van der Waals surface area contributed by atoms with Crippen LogP contribution in [0.3, 0.4) is 0 Å². The van der Waals surface area contributed by atoms with Gasteiger partial charge >= 0.3 is 0 Å². The SMILES string of the molecule is C[C@@H]1[NH2+][C@H](CNC(=O)CCc2c[nH]c3ccccc23)[C@@H](O)[C@H](O)[C@@H]1O. The van der Waals surface area contributed by atoms with E-state index >= 15 is 0 Å². The van der Waals surface area contributed by atoms with Gasteiger partial charge in [0, 0.05) is 23.5 Å². The monoisotopic (exact) mass is 348 g/mol. The Morgan fingerprint density at radius 1 is 1.20 bits per heavy atom. The van der Waals surface area contributed by atoms with E-state index in [4.69, 9.17) is 0 Å². The molecule has 0 saturated carbocycles. The number of para-hydroxylation sites is 1. The number of aryl methyl sites for hydroxylation is 1. The molecule has 136 valence electrons. The van der Waals surface area contributed by atoms with Gasteiger partial charge in [-0.1, -0.05) is 18.2 Å². The van der Waals surface area contributed by atoms with Crippen molar-refractivity contribution >= 4 is 16.8 Å². The van der Waals surface area contributed by atoms with Crippen LogP contribution >= 0.6 is 0 Å². The zero-order chi connectivity index (χ0) is 18.0. The molecule has 0 aliphatic carbocycles. The van der Waals surface area contributed by atoms with Gasteiger partial charge in [0.05, 0.1) is 6.54 Å². The first-order valence-corrected chi connectivity index (χ1v) is 8.68. The van der Waals surface area contributed by atoms with Crippen molar-refractivity contribution in [2.75, 3.05) is 6.54 Å². The number of fused-ring (bicyclic) bond motifs is 1. The van der Waals surface area contributed by atoms with Crippen molar-refractivity contribution in [1.82, 2.24) is 10.3 Å². The molecule has 3 rings (SSSR count). The van der Waals surface area contributed by atoms with Gasteiger partial charge in [0.15, 0.2) is 0 Å². The molecule has 0 radical (unpaired) electrons. The number of nitrogens with one attached hydrogen (secondary N) is 2. The number of carbonyl (C=O) groups excluding carboxylic acids is 1. The summed E-state index contributed by atoms with van der Waals surface area (Å²) >= 11 is 0. The summed E-state index contributed by atoms with van der Waals surface area (Å²) in [6.45, 7) is 2.04. The van der Waals surface area contributed by atoms with Crippen molar-refractivity contribution in [2.24, 2.45) is 0 Å². The van der Waals surface area contributed by atoms with Crippen LogP contribution in [0.2, 0.25) is 0 Å². The molecule has 1 aromatic carbocycles. The summed E-state index contributed by atoms with van der Waals surface area (Å²) in [5.74, 6) is -0.0980. The van der Waals surface area contributed by atoms with Crippen LogP contribution in [0.4, 0.5) is 0 Å². The lowest BCUT2D eigenvalue weighted by Gasteiger charge is -2.37. The number of aromatic nitrogens is 1. The van der Waals surface area contributed by atoms with Crippen LogP contribution in [0.25, 0.3) is 10.9 Å². The van der Waals surface area contributed by atoms with Crippen LogP contribution < -0.4 is 10.6 Å². The molecule has 2 aromatic rings. The van der Waals surface area contributed by atoms with E-state index in [0.29, 0.717) is 12.8 Å². The summed E-state index contributed by atoms with van der Waals surface area (Å²) in [5, 5.41) is 35.4. The molecule has 0 unspecified atom stereocenters. The number of H-pyrrole nitrogens is 1. The predicted molar refractivity (Wildman–Crippen MR) is 92.8 cm³/mol. The van der Waals surface area contributed by atoms with E-state index in [-0.39, 0.29) is 24.5 Å². The molecule has 0 bridgehead atoms. The maximum atomic E-state index is 12.1. The molecule has 1 aliphatic rings. The fourth-order valence-corrected chi connectivity index (χ4v) is 3.48. The zero-order valence-corrected chi connectivity index (χ0v) is 14.2. The number of hydrogen-bond acceptors (Lipinski definition) is 4. The van der Waals surface area contributed by atoms with E-state index in [2.05, 4.69) is 10.3 Å². The Kier molecular flexibility index (Phi) is 5.39. The minimum atomic E-state index is -1.19. The van der Waals surface area contributed by atoms with Crippen LogP contribution in [-0.2, 0) is 11.2 Å². The minimum absolute atomic E-state index is 0.0980. The quantitative estimate of drug-likeness (QED) is 0.399. The Labute approximate surface area is 146 Å². The molecule has 1 aliphatic heterocycles. The number of carbonyl (C=O) groups is 1. The molecule has 7 N–H and O–H groups in total. The zero-order valence-electron chi connectivity index (χ0n) is 14.2. The number of rotatable bonds is 5. The number of amides is 1. The highest BCUT2D eigenvalue weighted by atomic mass is 16.4. The molecule has 7 nitrogen and oxygen atoms in total. The first-order valence-electron chi connectivity index (χ1n) is 8.68. The Balaban J connectivity index is 1.50. The van der Waals surface area contributed by atoms with E-state index in [1.165, 1.54) is 0 Å². The molecule has 0 spiro atoms. The number of benzene rings is 1. The average Bonchev–Trinajstić information content (AvgIpc) is 3.03. The van der Waals surface area contributed by atoms with Gasteiger partial charge in [-0.05, 0) is 25.0 Å². The lowest BCUT2D eigenvalue weighted by atomic mass is 9.91. The third kappa shape index (κ3) is 3.85. The third-order valence-corrected chi connectivity index (χ3v) is 5.06. The summed E-state index contributed by atoms with van der Waals surface area (Å²) in [6.07, 6.45) is -0.316. The number of aliphatic hydroxyl groups is 3.